The van der Waals surface area contributed by atoms with Crippen molar-refractivity contribution in [3.63, 3.8) is 0 Å². The number of para-hydroxylation sites is 1. The van der Waals surface area contributed by atoms with Crippen molar-refractivity contribution in [2.75, 3.05) is 13.7 Å². The number of benzene rings is 5. The lowest BCUT2D eigenvalue weighted by Crippen LogP contribution is -2.72. The van der Waals surface area contributed by atoms with Gasteiger partial charge >= 0.3 is 5.97 Å². The van der Waals surface area contributed by atoms with Crippen molar-refractivity contribution in [3.05, 3.63) is 151 Å². The summed E-state index contributed by atoms with van der Waals surface area (Å²) < 4.78 is 17.0. The van der Waals surface area contributed by atoms with E-state index >= 15 is 0 Å². The number of nitrogens with one attached hydrogen (secondary N) is 1. The second-order valence-electron chi connectivity index (χ2n) is 11.8. The molecule has 1 aliphatic heterocycles. The van der Waals surface area contributed by atoms with Crippen LogP contribution in [0.2, 0.25) is 0 Å². The number of amides is 2. The highest BCUT2D eigenvalue weighted by Crippen LogP contribution is 2.49. The van der Waals surface area contributed by atoms with Gasteiger partial charge in [-0.15, -0.1) is 0 Å². The van der Waals surface area contributed by atoms with Gasteiger partial charge in [-0.25, -0.2) is 4.79 Å². The predicted molar refractivity (Wildman–Crippen MR) is 206 cm³/mol. The maximum absolute atomic E-state index is 15.0. The standard InChI is InChI=1S/C41H37N2O7PS/c1-29(44)52-40-37(42-36(45)28-49-32-15-7-3-8-16-32)38(46)43(40)39(41(47)50-27-30-23-25-31(48-2)26-24-30)51(33-17-9-4-10-18-33,34-19-11-5-12-20-34)35-21-13-6-14-22-35/h3-26,37,40H,27-28H2,1-2H3,(H,42,45)/t37-,40-/m0/s1. The van der Waals surface area contributed by atoms with Crippen molar-refractivity contribution < 1.29 is 33.4 Å². The van der Waals surface area contributed by atoms with Gasteiger partial charge in [0.25, 0.3) is 11.8 Å². The van der Waals surface area contributed by atoms with Crippen molar-refractivity contribution in [1.82, 2.24) is 10.2 Å². The quantitative estimate of drug-likeness (QED) is 0.104. The molecular formula is C41H37N2O7PS. The number of β-lactam (4-membered cyclic amide) rings is 1. The summed E-state index contributed by atoms with van der Waals surface area (Å²) in [6.45, 7) is -2.29. The summed E-state index contributed by atoms with van der Waals surface area (Å²) in [7, 11) is 1.57. The average molecular weight is 733 g/mol. The second-order valence-corrected chi connectivity index (χ2v) is 16.4. The van der Waals surface area contributed by atoms with E-state index in [-0.39, 0.29) is 23.7 Å². The number of carbonyl (C=O) groups is 4. The molecule has 1 saturated heterocycles. The van der Waals surface area contributed by atoms with E-state index in [1.165, 1.54) is 11.8 Å². The molecule has 0 unspecified atom stereocenters. The fourth-order valence-electron chi connectivity index (χ4n) is 6.09. The Labute approximate surface area is 306 Å². The number of methoxy groups -OCH3 is 1. The smallest absolute Gasteiger partial charge is 0.356 e. The number of esters is 1. The van der Waals surface area contributed by atoms with Crippen LogP contribution in [-0.4, -0.2) is 58.3 Å². The minimum atomic E-state index is -3.24. The lowest BCUT2D eigenvalue weighted by molar-refractivity contribution is -0.146. The third-order valence-electron chi connectivity index (χ3n) is 8.45. The van der Waals surface area contributed by atoms with E-state index in [0.717, 1.165) is 27.7 Å². The largest absolute Gasteiger partial charge is 0.497 e. The molecule has 6 rings (SSSR count). The van der Waals surface area contributed by atoms with Crippen LogP contribution < -0.4 is 30.7 Å². The summed E-state index contributed by atoms with van der Waals surface area (Å²) in [5.74, 6) is -0.667. The van der Waals surface area contributed by atoms with Gasteiger partial charge in [0.05, 0.1) is 7.11 Å². The normalized spacial score (nSPS) is 15.2. The van der Waals surface area contributed by atoms with Gasteiger partial charge in [0.2, 0.25) is 0 Å². The zero-order valence-corrected chi connectivity index (χ0v) is 30.3. The Balaban J connectivity index is 1.52. The van der Waals surface area contributed by atoms with Crippen molar-refractivity contribution in [3.8, 4) is 11.5 Å². The van der Waals surface area contributed by atoms with Crippen LogP contribution >= 0.6 is 18.6 Å². The molecule has 0 spiro atoms. The molecule has 9 nitrogen and oxygen atoms in total. The van der Waals surface area contributed by atoms with Gasteiger partial charge in [-0.1, -0.05) is 133 Å². The number of likely N-dealkylation sites (tertiary alicyclic amines) is 1. The minimum Gasteiger partial charge on any atom is -0.497 e. The van der Waals surface area contributed by atoms with Crippen LogP contribution in [0.5, 0.6) is 11.5 Å². The molecule has 0 radical (unpaired) electrons. The van der Waals surface area contributed by atoms with Gasteiger partial charge in [0.1, 0.15) is 34.9 Å². The summed E-state index contributed by atoms with van der Waals surface area (Å²) in [6, 6.07) is 43.6. The van der Waals surface area contributed by atoms with Crippen LogP contribution in [0.25, 0.3) is 0 Å². The molecule has 2 atom stereocenters. The molecule has 1 N–H and O–H groups in total. The van der Waals surface area contributed by atoms with E-state index in [1.54, 1.807) is 55.6 Å². The molecular weight excluding hydrogens is 695 g/mol. The number of rotatable bonds is 13. The lowest BCUT2D eigenvalue weighted by atomic mass is 10.1. The van der Waals surface area contributed by atoms with Crippen molar-refractivity contribution in [1.29, 1.82) is 0 Å². The van der Waals surface area contributed by atoms with Crippen molar-refractivity contribution in [2.45, 2.75) is 24.9 Å². The Morgan fingerprint density at radius 1 is 0.712 bits per heavy atom. The Morgan fingerprint density at radius 2 is 1.21 bits per heavy atom. The molecule has 5 aromatic rings. The van der Waals surface area contributed by atoms with Gasteiger partial charge in [0, 0.05) is 13.8 Å². The van der Waals surface area contributed by atoms with E-state index < -0.39 is 36.1 Å². The highest BCUT2D eigenvalue weighted by atomic mass is 32.2. The van der Waals surface area contributed by atoms with E-state index in [0.29, 0.717) is 17.1 Å². The molecule has 0 aliphatic carbocycles. The van der Waals surface area contributed by atoms with E-state index in [4.69, 9.17) is 14.2 Å². The second kappa shape index (κ2) is 16.6. The zero-order valence-electron chi connectivity index (χ0n) is 28.6. The van der Waals surface area contributed by atoms with Gasteiger partial charge < -0.3 is 19.5 Å². The maximum atomic E-state index is 15.0. The third-order valence-corrected chi connectivity index (χ3v) is 13.8. The van der Waals surface area contributed by atoms with Crippen LogP contribution in [0.15, 0.2) is 146 Å². The molecule has 5 aromatic carbocycles. The third kappa shape index (κ3) is 7.68. The van der Waals surface area contributed by atoms with E-state index in [2.05, 4.69) is 5.32 Å². The SMILES string of the molecule is COc1ccc(COC(=O)C(N2C(=O)[C@H](NC(=O)COc3ccccc3)[C@@H]2SC(C)=O)=P(c2ccccc2)(c2ccccc2)c2ccccc2)cc1. The minimum absolute atomic E-state index is 0.0891. The fourth-order valence-corrected chi connectivity index (χ4v) is 11.5. The summed E-state index contributed by atoms with van der Waals surface area (Å²) in [6.07, 6.45) is 0. The molecule has 11 heteroatoms. The Kier molecular flexibility index (Phi) is 11.6. The van der Waals surface area contributed by atoms with Gasteiger partial charge in [-0.2, -0.15) is 0 Å². The molecule has 1 aliphatic rings. The maximum Gasteiger partial charge on any atom is 0.356 e. The van der Waals surface area contributed by atoms with Crippen LogP contribution in [0, 0.1) is 0 Å². The number of hydrogen-bond donors (Lipinski definition) is 1. The number of carbonyl (C=O) groups excluding carboxylic acids is 4. The molecule has 264 valence electrons. The topological polar surface area (TPSA) is 111 Å². The first-order valence-electron chi connectivity index (χ1n) is 16.5. The fraction of sp³-hybridized carbons (Fsp3) is 0.146. The van der Waals surface area contributed by atoms with Crippen LogP contribution in [0.1, 0.15) is 12.5 Å². The zero-order chi connectivity index (χ0) is 36.5. The monoisotopic (exact) mass is 732 g/mol. The summed E-state index contributed by atoms with van der Waals surface area (Å²) in [4.78, 5) is 56.8. The Morgan fingerprint density at radius 3 is 1.69 bits per heavy atom. The highest BCUT2D eigenvalue weighted by molar-refractivity contribution is 8.14. The first kappa shape index (κ1) is 36.2. The van der Waals surface area contributed by atoms with E-state index in [9.17, 15) is 19.2 Å². The average Bonchev–Trinajstić information content (AvgIpc) is 3.19. The van der Waals surface area contributed by atoms with E-state index in [1.807, 2.05) is 97.1 Å². The first-order chi connectivity index (χ1) is 25.3. The highest BCUT2D eigenvalue weighted by Gasteiger charge is 2.55. The molecule has 2 amide bonds. The molecule has 0 bridgehead atoms. The molecule has 0 aromatic heterocycles. The number of nitrogens with zero attached hydrogens (tertiary/aromatic N) is 1. The molecule has 0 saturated carbocycles. The lowest BCUT2D eigenvalue weighted by Gasteiger charge is -2.48. The van der Waals surface area contributed by atoms with Gasteiger partial charge in [-0.05, 0) is 45.7 Å². The summed E-state index contributed by atoms with van der Waals surface area (Å²) in [5.41, 5.74) is 0.809. The number of hydrogen-bond acceptors (Lipinski definition) is 8. The molecule has 1 heterocycles. The van der Waals surface area contributed by atoms with Crippen molar-refractivity contribution >= 4 is 62.9 Å². The summed E-state index contributed by atoms with van der Waals surface area (Å²) >= 11 is 0.870. The van der Waals surface area contributed by atoms with Crippen LogP contribution in [0.4, 0.5) is 0 Å². The van der Waals surface area contributed by atoms with Crippen molar-refractivity contribution in [2.24, 2.45) is 0 Å². The summed E-state index contributed by atoms with van der Waals surface area (Å²) in [5, 5.41) is 3.91. The first-order valence-corrected chi connectivity index (χ1v) is 19.2. The van der Waals surface area contributed by atoms with Gasteiger partial charge in [0.15, 0.2) is 11.7 Å². The molecule has 1 fully saturated rings. The van der Waals surface area contributed by atoms with Crippen LogP contribution in [0.3, 0.4) is 0 Å². The number of thioether (sulfide) groups is 1. The Hall–Kier alpha value is -5.57. The van der Waals surface area contributed by atoms with Gasteiger partial charge in [-0.3, -0.25) is 19.3 Å². The molecule has 52 heavy (non-hydrogen) atoms. The Bertz CT molecular complexity index is 1980. The predicted octanol–water partition coefficient (Wildman–Crippen LogP) is 4.87. The number of ether oxygens (including phenoxy) is 3. The van der Waals surface area contributed by atoms with Crippen LogP contribution in [-0.2, 0) is 30.5 Å².